The molecule has 1 aromatic rings. The van der Waals surface area contributed by atoms with Gasteiger partial charge in [0.1, 0.15) is 0 Å². The SMILES string of the molecule is O=C(NCCN1CCCCCC1)[C@H]1CCCN(c2cn[nH]c(=O)c2)C1. The quantitative estimate of drug-likeness (QED) is 0.830. The maximum absolute atomic E-state index is 12.5. The van der Waals surface area contributed by atoms with E-state index in [0.717, 1.165) is 51.3 Å². The Morgan fingerprint density at radius 1 is 1.20 bits per heavy atom. The van der Waals surface area contributed by atoms with Crippen molar-refractivity contribution in [3.05, 3.63) is 22.6 Å². The van der Waals surface area contributed by atoms with Gasteiger partial charge in [-0.05, 0) is 38.8 Å². The van der Waals surface area contributed by atoms with Crippen LogP contribution in [0.15, 0.2) is 17.1 Å². The minimum atomic E-state index is -0.207. The average molecular weight is 347 g/mol. The Kier molecular flexibility index (Phi) is 6.44. The number of rotatable bonds is 5. The van der Waals surface area contributed by atoms with Crippen LogP contribution in [0, 0.1) is 5.92 Å². The van der Waals surface area contributed by atoms with E-state index in [2.05, 4.69) is 25.3 Å². The van der Waals surface area contributed by atoms with Crippen molar-refractivity contribution < 1.29 is 4.79 Å². The average Bonchev–Trinajstić information content (AvgIpc) is 2.91. The number of carbonyl (C=O) groups is 1. The lowest BCUT2D eigenvalue weighted by Crippen LogP contribution is -2.45. The van der Waals surface area contributed by atoms with Crippen molar-refractivity contribution in [2.75, 3.05) is 44.2 Å². The Balaban J connectivity index is 1.46. The second-order valence-corrected chi connectivity index (χ2v) is 7.14. The Labute approximate surface area is 148 Å². The monoisotopic (exact) mass is 347 g/mol. The largest absolute Gasteiger partial charge is 0.369 e. The zero-order chi connectivity index (χ0) is 17.5. The van der Waals surface area contributed by atoms with Gasteiger partial charge in [0.25, 0.3) is 5.56 Å². The first-order chi connectivity index (χ1) is 12.2. The van der Waals surface area contributed by atoms with Gasteiger partial charge in [0.05, 0.1) is 17.8 Å². The molecule has 0 spiro atoms. The first-order valence-electron chi connectivity index (χ1n) is 9.52. The van der Waals surface area contributed by atoms with E-state index in [0.29, 0.717) is 6.54 Å². The van der Waals surface area contributed by atoms with Gasteiger partial charge in [0, 0.05) is 32.2 Å². The molecular formula is C18H29N5O2. The lowest BCUT2D eigenvalue weighted by Gasteiger charge is -2.33. The predicted molar refractivity (Wildman–Crippen MR) is 97.7 cm³/mol. The van der Waals surface area contributed by atoms with E-state index in [1.807, 2.05) is 0 Å². The maximum atomic E-state index is 12.5. The van der Waals surface area contributed by atoms with Crippen molar-refractivity contribution in [2.24, 2.45) is 5.92 Å². The molecule has 2 aliphatic heterocycles. The molecule has 138 valence electrons. The van der Waals surface area contributed by atoms with Crippen LogP contribution in [0.4, 0.5) is 5.69 Å². The maximum Gasteiger partial charge on any atom is 0.266 e. The van der Waals surface area contributed by atoms with Gasteiger partial charge in [0.2, 0.25) is 5.91 Å². The molecule has 7 heteroatoms. The third kappa shape index (κ3) is 5.29. The number of hydrogen-bond acceptors (Lipinski definition) is 5. The summed E-state index contributed by atoms with van der Waals surface area (Å²) in [7, 11) is 0. The number of likely N-dealkylation sites (tertiary alicyclic amines) is 1. The molecule has 0 aliphatic carbocycles. The number of aromatic nitrogens is 2. The van der Waals surface area contributed by atoms with Gasteiger partial charge in [-0.2, -0.15) is 5.10 Å². The highest BCUT2D eigenvalue weighted by Gasteiger charge is 2.26. The van der Waals surface area contributed by atoms with E-state index in [4.69, 9.17) is 0 Å². The number of carbonyl (C=O) groups excluding carboxylic acids is 1. The van der Waals surface area contributed by atoms with Crippen molar-refractivity contribution in [2.45, 2.75) is 38.5 Å². The number of aromatic amines is 1. The van der Waals surface area contributed by atoms with Gasteiger partial charge in [0.15, 0.2) is 0 Å². The molecule has 0 radical (unpaired) electrons. The Hall–Kier alpha value is -1.89. The van der Waals surface area contributed by atoms with E-state index in [1.165, 1.54) is 25.7 Å². The molecule has 2 saturated heterocycles. The number of piperidine rings is 1. The number of H-pyrrole nitrogens is 1. The van der Waals surface area contributed by atoms with Crippen molar-refractivity contribution >= 4 is 11.6 Å². The number of hydrogen-bond donors (Lipinski definition) is 2. The molecule has 1 atom stereocenters. The number of amides is 1. The van der Waals surface area contributed by atoms with E-state index in [1.54, 1.807) is 12.3 Å². The summed E-state index contributed by atoms with van der Waals surface area (Å²) in [6, 6.07) is 1.55. The Bertz CT molecular complexity index is 609. The van der Waals surface area contributed by atoms with Crippen LogP contribution in [0.25, 0.3) is 0 Å². The van der Waals surface area contributed by atoms with Crippen molar-refractivity contribution in [1.82, 2.24) is 20.4 Å². The first-order valence-corrected chi connectivity index (χ1v) is 9.52. The molecule has 25 heavy (non-hydrogen) atoms. The molecule has 2 fully saturated rings. The normalized spacial score (nSPS) is 22.4. The number of anilines is 1. The number of nitrogens with zero attached hydrogens (tertiary/aromatic N) is 3. The highest BCUT2D eigenvalue weighted by atomic mass is 16.2. The summed E-state index contributed by atoms with van der Waals surface area (Å²) in [5, 5.41) is 9.36. The second-order valence-electron chi connectivity index (χ2n) is 7.14. The third-order valence-corrected chi connectivity index (χ3v) is 5.23. The summed E-state index contributed by atoms with van der Waals surface area (Å²) in [6.07, 6.45) is 8.72. The highest BCUT2D eigenvalue weighted by Crippen LogP contribution is 2.21. The zero-order valence-corrected chi connectivity index (χ0v) is 14.9. The summed E-state index contributed by atoms with van der Waals surface area (Å²) in [5.74, 6) is 0.120. The van der Waals surface area contributed by atoms with Crippen molar-refractivity contribution in [3.63, 3.8) is 0 Å². The van der Waals surface area contributed by atoms with Gasteiger partial charge in [-0.25, -0.2) is 5.10 Å². The Morgan fingerprint density at radius 3 is 2.76 bits per heavy atom. The van der Waals surface area contributed by atoms with Gasteiger partial charge >= 0.3 is 0 Å². The van der Waals surface area contributed by atoms with Crippen LogP contribution < -0.4 is 15.8 Å². The van der Waals surface area contributed by atoms with Gasteiger partial charge in [-0.3, -0.25) is 9.59 Å². The lowest BCUT2D eigenvalue weighted by molar-refractivity contribution is -0.125. The predicted octanol–water partition coefficient (Wildman–Crippen LogP) is 0.978. The summed E-state index contributed by atoms with van der Waals surface area (Å²) < 4.78 is 0. The Morgan fingerprint density at radius 2 is 2.00 bits per heavy atom. The first kappa shape index (κ1) is 17.9. The molecule has 2 aliphatic rings. The number of nitrogens with one attached hydrogen (secondary N) is 2. The minimum Gasteiger partial charge on any atom is -0.369 e. The molecular weight excluding hydrogens is 318 g/mol. The van der Waals surface area contributed by atoms with E-state index in [9.17, 15) is 9.59 Å². The summed E-state index contributed by atoms with van der Waals surface area (Å²) in [6.45, 7) is 5.50. The van der Waals surface area contributed by atoms with Crippen molar-refractivity contribution in [3.8, 4) is 0 Å². The molecule has 3 rings (SSSR count). The summed E-state index contributed by atoms with van der Waals surface area (Å²) in [4.78, 5) is 28.5. The summed E-state index contributed by atoms with van der Waals surface area (Å²) >= 11 is 0. The molecule has 0 saturated carbocycles. The lowest BCUT2D eigenvalue weighted by atomic mass is 9.97. The highest BCUT2D eigenvalue weighted by molar-refractivity contribution is 5.79. The smallest absolute Gasteiger partial charge is 0.266 e. The summed E-state index contributed by atoms with van der Waals surface area (Å²) in [5.41, 5.74) is 0.590. The molecule has 1 aromatic heterocycles. The topological polar surface area (TPSA) is 81.3 Å². The van der Waals surface area contributed by atoms with Crippen molar-refractivity contribution in [1.29, 1.82) is 0 Å². The molecule has 3 heterocycles. The molecule has 1 amide bonds. The van der Waals surface area contributed by atoms with Crippen LogP contribution in [-0.4, -0.2) is 60.3 Å². The molecule has 7 nitrogen and oxygen atoms in total. The van der Waals surface area contributed by atoms with E-state index in [-0.39, 0.29) is 17.4 Å². The second kappa shape index (κ2) is 8.99. The standard InChI is InChI=1S/C18H29N5O2/c24-17-12-16(13-20-21-17)23-10-5-6-15(14-23)18(25)19-7-11-22-8-3-1-2-4-9-22/h12-13,15H,1-11,14H2,(H,19,25)(H,21,24)/t15-/m0/s1. The molecule has 0 unspecified atom stereocenters. The van der Waals surface area contributed by atoms with Gasteiger partial charge in [-0.1, -0.05) is 12.8 Å². The zero-order valence-electron chi connectivity index (χ0n) is 14.9. The van der Waals surface area contributed by atoms with Crippen LogP contribution in [0.5, 0.6) is 0 Å². The fourth-order valence-corrected chi connectivity index (χ4v) is 3.81. The van der Waals surface area contributed by atoms with Crippen LogP contribution in [0.2, 0.25) is 0 Å². The van der Waals surface area contributed by atoms with Gasteiger partial charge < -0.3 is 15.1 Å². The van der Waals surface area contributed by atoms with E-state index < -0.39 is 0 Å². The van der Waals surface area contributed by atoms with Crippen LogP contribution in [0.1, 0.15) is 38.5 Å². The fourth-order valence-electron chi connectivity index (χ4n) is 3.81. The van der Waals surface area contributed by atoms with Crippen LogP contribution in [0.3, 0.4) is 0 Å². The third-order valence-electron chi connectivity index (χ3n) is 5.23. The fraction of sp³-hybridized carbons (Fsp3) is 0.722. The van der Waals surface area contributed by atoms with Crippen LogP contribution in [-0.2, 0) is 4.79 Å². The molecule has 2 N–H and O–H groups in total. The van der Waals surface area contributed by atoms with E-state index >= 15 is 0 Å². The molecule has 0 aromatic carbocycles. The molecule has 0 bridgehead atoms. The minimum absolute atomic E-state index is 0.0165. The van der Waals surface area contributed by atoms with Gasteiger partial charge in [-0.15, -0.1) is 0 Å². The van der Waals surface area contributed by atoms with Crippen LogP contribution >= 0.6 is 0 Å².